The summed E-state index contributed by atoms with van der Waals surface area (Å²) in [6.45, 7) is 6.09. The van der Waals surface area contributed by atoms with Gasteiger partial charge in [0.15, 0.2) is 0 Å². The Morgan fingerprint density at radius 3 is 2.91 bits per heavy atom. The molecule has 0 saturated carbocycles. The van der Waals surface area contributed by atoms with Gasteiger partial charge in [-0.25, -0.2) is 4.79 Å². The van der Waals surface area contributed by atoms with Gasteiger partial charge in [0.1, 0.15) is 11.5 Å². The zero-order valence-corrected chi connectivity index (χ0v) is 13.9. The van der Waals surface area contributed by atoms with E-state index in [1.54, 1.807) is 19.1 Å². The van der Waals surface area contributed by atoms with E-state index >= 15 is 0 Å². The van der Waals surface area contributed by atoms with Crippen LogP contribution in [0.15, 0.2) is 16.7 Å². The van der Waals surface area contributed by atoms with Gasteiger partial charge in [-0.15, -0.1) is 0 Å². The van der Waals surface area contributed by atoms with E-state index in [0.717, 1.165) is 22.5 Å². The summed E-state index contributed by atoms with van der Waals surface area (Å²) in [5.41, 5.74) is 3.08. The molecule has 0 fully saturated rings. The molecule has 1 N–H and O–H groups in total. The van der Waals surface area contributed by atoms with E-state index in [1.807, 2.05) is 13.8 Å². The molecule has 1 unspecified atom stereocenters. The zero-order valence-electron chi connectivity index (χ0n) is 13.1. The van der Waals surface area contributed by atoms with Crippen LogP contribution in [0.4, 0.5) is 5.69 Å². The van der Waals surface area contributed by atoms with Crippen LogP contribution in [0.1, 0.15) is 18.4 Å². The average molecular weight is 337 g/mol. The maximum Gasteiger partial charge on any atom is 0.349 e. The Morgan fingerprint density at radius 2 is 2.26 bits per heavy atom. The number of aromatic nitrogens is 1. The lowest BCUT2D eigenvalue weighted by atomic mass is 10.0. The normalized spacial score (nSPS) is 16.3. The second-order valence-electron chi connectivity index (χ2n) is 5.27. The number of carbonyl (C=O) groups excluding carboxylic acids is 1. The van der Waals surface area contributed by atoms with Gasteiger partial charge in [0.05, 0.1) is 29.6 Å². The fraction of sp³-hybridized carbons (Fsp3) is 0.375. The van der Waals surface area contributed by atoms with Crippen LogP contribution in [0, 0.1) is 13.8 Å². The van der Waals surface area contributed by atoms with Crippen molar-refractivity contribution in [3.63, 3.8) is 0 Å². The fourth-order valence-electron chi connectivity index (χ4n) is 2.61. The van der Waals surface area contributed by atoms with Crippen LogP contribution in [-0.2, 0) is 9.53 Å². The molecule has 23 heavy (non-hydrogen) atoms. The summed E-state index contributed by atoms with van der Waals surface area (Å²) < 4.78 is 16.0. The van der Waals surface area contributed by atoms with Gasteiger partial charge in [-0.1, -0.05) is 16.8 Å². The van der Waals surface area contributed by atoms with Crippen molar-refractivity contribution < 1.29 is 18.8 Å². The topological polar surface area (TPSA) is 73.6 Å². The molecule has 2 heterocycles. The van der Waals surface area contributed by atoms with E-state index in [2.05, 4.69) is 10.5 Å². The number of nitrogens with one attached hydrogen (secondary N) is 1. The molecule has 0 amide bonds. The number of halogens is 1. The van der Waals surface area contributed by atoms with E-state index < -0.39 is 6.10 Å². The highest BCUT2D eigenvalue weighted by molar-refractivity contribution is 6.33. The summed E-state index contributed by atoms with van der Waals surface area (Å²) >= 11 is 6.39. The largest absolute Gasteiger partial charge is 0.475 e. The Labute approximate surface area is 138 Å². The molecule has 0 aliphatic carbocycles. The molecule has 6 nitrogen and oxygen atoms in total. The standard InChI is InChI=1S/C16H17ClN2O4/c1-4-21-16(20)14-7-18-12-6-11(17)10(5-13(12)22-14)15-8(2)19-23-9(15)3/h5-6,14,18H,4,7H2,1-3H3. The van der Waals surface area contributed by atoms with Gasteiger partial charge in [-0.2, -0.15) is 0 Å². The Bertz CT molecular complexity index is 737. The van der Waals surface area contributed by atoms with Gasteiger partial charge in [0, 0.05) is 11.1 Å². The molecule has 1 aliphatic heterocycles. The third-order valence-corrected chi connectivity index (χ3v) is 3.98. The summed E-state index contributed by atoms with van der Waals surface area (Å²) in [5.74, 6) is 0.836. The van der Waals surface area contributed by atoms with E-state index in [-0.39, 0.29) is 5.97 Å². The number of hydrogen-bond acceptors (Lipinski definition) is 6. The number of esters is 1. The molecule has 1 aromatic heterocycles. The number of anilines is 1. The van der Waals surface area contributed by atoms with Crippen LogP contribution < -0.4 is 10.1 Å². The second-order valence-corrected chi connectivity index (χ2v) is 5.67. The first-order chi connectivity index (χ1) is 11.0. The van der Waals surface area contributed by atoms with Crippen molar-refractivity contribution in [2.75, 3.05) is 18.5 Å². The van der Waals surface area contributed by atoms with Crippen molar-refractivity contribution >= 4 is 23.3 Å². The van der Waals surface area contributed by atoms with E-state index in [4.69, 9.17) is 25.6 Å². The van der Waals surface area contributed by atoms with Crippen molar-refractivity contribution in [1.29, 1.82) is 0 Å². The quantitative estimate of drug-likeness (QED) is 0.866. The van der Waals surface area contributed by atoms with Crippen molar-refractivity contribution in [3.8, 4) is 16.9 Å². The lowest BCUT2D eigenvalue weighted by molar-refractivity contribution is -0.150. The lowest BCUT2D eigenvalue weighted by Crippen LogP contribution is -2.39. The summed E-state index contributed by atoms with van der Waals surface area (Å²) in [6.07, 6.45) is -0.679. The first-order valence-electron chi connectivity index (χ1n) is 7.35. The smallest absolute Gasteiger partial charge is 0.349 e. The van der Waals surface area contributed by atoms with Gasteiger partial charge in [-0.3, -0.25) is 0 Å². The molecule has 0 bridgehead atoms. The molecular formula is C16H17ClN2O4. The van der Waals surface area contributed by atoms with Crippen LogP contribution in [0.5, 0.6) is 5.75 Å². The molecule has 1 atom stereocenters. The molecule has 1 aromatic carbocycles. The van der Waals surface area contributed by atoms with Gasteiger partial charge in [0.2, 0.25) is 6.10 Å². The fourth-order valence-corrected chi connectivity index (χ4v) is 2.87. The molecule has 2 aromatic rings. The summed E-state index contributed by atoms with van der Waals surface area (Å²) in [4.78, 5) is 11.9. The predicted octanol–water partition coefficient (Wildman–Crippen LogP) is 3.35. The number of rotatable bonds is 3. The SMILES string of the molecule is CCOC(=O)C1CNc2cc(Cl)c(-c3c(C)noc3C)cc2O1. The van der Waals surface area contributed by atoms with Crippen LogP contribution in [0.2, 0.25) is 5.02 Å². The number of fused-ring (bicyclic) bond motifs is 1. The minimum atomic E-state index is -0.679. The molecule has 0 saturated heterocycles. The monoisotopic (exact) mass is 336 g/mol. The zero-order chi connectivity index (χ0) is 16.6. The number of nitrogens with zero attached hydrogens (tertiary/aromatic N) is 1. The van der Waals surface area contributed by atoms with Crippen molar-refractivity contribution in [2.24, 2.45) is 0 Å². The molecular weight excluding hydrogens is 320 g/mol. The number of hydrogen-bond donors (Lipinski definition) is 1. The molecule has 7 heteroatoms. The van der Waals surface area contributed by atoms with Crippen LogP contribution in [-0.4, -0.2) is 30.4 Å². The first kappa shape index (κ1) is 15.7. The van der Waals surface area contributed by atoms with Crippen LogP contribution in [0.25, 0.3) is 11.1 Å². The van der Waals surface area contributed by atoms with Crippen molar-refractivity contribution in [3.05, 3.63) is 28.6 Å². The van der Waals surface area contributed by atoms with E-state index in [0.29, 0.717) is 29.7 Å². The Balaban J connectivity index is 1.98. The molecule has 0 radical (unpaired) electrons. The Kier molecular flexibility index (Phi) is 4.17. The predicted molar refractivity (Wildman–Crippen MR) is 86.0 cm³/mol. The van der Waals surface area contributed by atoms with E-state index in [1.165, 1.54) is 0 Å². The summed E-state index contributed by atoms with van der Waals surface area (Å²) in [5, 5.41) is 7.65. The van der Waals surface area contributed by atoms with Gasteiger partial charge in [0.25, 0.3) is 0 Å². The highest BCUT2D eigenvalue weighted by Gasteiger charge is 2.28. The lowest BCUT2D eigenvalue weighted by Gasteiger charge is -2.26. The molecule has 3 rings (SSSR count). The number of ether oxygens (including phenoxy) is 2. The first-order valence-corrected chi connectivity index (χ1v) is 7.73. The highest BCUT2D eigenvalue weighted by atomic mass is 35.5. The van der Waals surface area contributed by atoms with Crippen LogP contribution in [0.3, 0.4) is 0 Å². The number of carbonyl (C=O) groups is 1. The van der Waals surface area contributed by atoms with Crippen LogP contribution >= 0.6 is 11.6 Å². The minimum Gasteiger partial charge on any atom is -0.475 e. The highest BCUT2D eigenvalue weighted by Crippen LogP contribution is 2.41. The average Bonchev–Trinajstić information content (AvgIpc) is 2.85. The third kappa shape index (κ3) is 2.86. The van der Waals surface area contributed by atoms with E-state index in [9.17, 15) is 4.79 Å². The molecule has 0 spiro atoms. The van der Waals surface area contributed by atoms with Gasteiger partial charge in [-0.05, 0) is 32.9 Å². The summed E-state index contributed by atoms with van der Waals surface area (Å²) in [6, 6.07) is 3.57. The Hall–Kier alpha value is -2.21. The minimum absolute atomic E-state index is 0.316. The second kappa shape index (κ2) is 6.12. The van der Waals surface area contributed by atoms with Gasteiger partial charge < -0.3 is 19.3 Å². The number of benzene rings is 1. The maximum atomic E-state index is 11.9. The molecule has 1 aliphatic rings. The van der Waals surface area contributed by atoms with Crippen molar-refractivity contribution in [1.82, 2.24) is 5.16 Å². The Morgan fingerprint density at radius 1 is 1.48 bits per heavy atom. The third-order valence-electron chi connectivity index (χ3n) is 3.67. The van der Waals surface area contributed by atoms with Gasteiger partial charge >= 0.3 is 5.97 Å². The van der Waals surface area contributed by atoms with Crippen molar-refractivity contribution in [2.45, 2.75) is 26.9 Å². The summed E-state index contributed by atoms with van der Waals surface area (Å²) in [7, 11) is 0. The maximum absolute atomic E-state index is 11.9. The number of aryl methyl sites for hydroxylation is 2. The molecule has 122 valence electrons.